The first-order chi connectivity index (χ1) is 7.75. The van der Waals surface area contributed by atoms with E-state index in [0.717, 1.165) is 17.1 Å². The lowest BCUT2D eigenvalue weighted by Gasteiger charge is -2.01. The monoisotopic (exact) mass is 234 g/mol. The zero-order valence-electron chi connectivity index (χ0n) is 8.67. The largest absolute Gasteiger partial charge is 0.346 e. The van der Waals surface area contributed by atoms with Gasteiger partial charge in [-0.2, -0.15) is 4.37 Å². The summed E-state index contributed by atoms with van der Waals surface area (Å²) in [5, 5.41) is 3.16. The molecule has 2 heterocycles. The number of carbonyl (C=O) groups is 1. The highest BCUT2D eigenvalue weighted by atomic mass is 32.1. The van der Waals surface area contributed by atoms with E-state index in [1.54, 1.807) is 19.3 Å². The van der Waals surface area contributed by atoms with Crippen LogP contribution in [0, 0.1) is 6.92 Å². The van der Waals surface area contributed by atoms with Gasteiger partial charge in [0.25, 0.3) is 5.91 Å². The van der Waals surface area contributed by atoms with Gasteiger partial charge in [-0.15, -0.1) is 0 Å². The van der Waals surface area contributed by atoms with Gasteiger partial charge in [-0.25, -0.2) is 4.98 Å². The Morgan fingerprint density at radius 3 is 2.81 bits per heavy atom. The molecule has 0 aliphatic heterocycles. The van der Waals surface area contributed by atoms with E-state index in [1.807, 2.05) is 12.1 Å². The van der Waals surface area contributed by atoms with E-state index in [-0.39, 0.29) is 5.91 Å². The highest BCUT2D eigenvalue weighted by molar-refractivity contribution is 7.07. The first kappa shape index (κ1) is 10.7. The van der Waals surface area contributed by atoms with Crippen molar-refractivity contribution in [3.05, 3.63) is 40.9 Å². The van der Waals surface area contributed by atoms with Crippen LogP contribution in [-0.2, 0) is 6.54 Å². The van der Waals surface area contributed by atoms with Gasteiger partial charge >= 0.3 is 0 Å². The summed E-state index contributed by atoms with van der Waals surface area (Å²) in [4.78, 5) is 19.5. The van der Waals surface area contributed by atoms with E-state index < -0.39 is 0 Å². The van der Waals surface area contributed by atoms with Crippen LogP contribution in [0.25, 0.3) is 0 Å². The summed E-state index contributed by atoms with van der Waals surface area (Å²) in [5.74, 6) is 0.432. The molecule has 1 amide bonds. The molecule has 0 bridgehead atoms. The lowest BCUT2D eigenvalue weighted by Crippen LogP contribution is -2.22. The Kier molecular flexibility index (Phi) is 3.21. The number of aryl methyl sites for hydroxylation is 1. The second kappa shape index (κ2) is 4.80. The van der Waals surface area contributed by atoms with Crippen LogP contribution in [-0.4, -0.2) is 20.2 Å². The fourth-order valence-electron chi connectivity index (χ4n) is 1.15. The molecule has 5 nitrogen and oxygen atoms in total. The van der Waals surface area contributed by atoms with Gasteiger partial charge in [-0.1, -0.05) is 0 Å². The number of hydrogen-bond acceptors (Lipinski definition) is 5. The fourth-order valence-corrected chi connectivity index (χ4v) is 1.74. The highest BCUT2D eigenvalue weighted by Crippen LogP contribution is 2.04. The molecule has 2 rings (SSSR count). The fraction of sp³-hybridized carbons (Fsp3) is 0.200. The van der Waals surface area contributed by atoms with Crippen molar-refractivity contribution < 1.29 is 4.79 Å². The lowest BCUT2D eigenvalue weighted by atomic mass is 10.3. The average molecular weight is 234 g/mol. The Labute approximate surface area is 96.7 Å². The number of amides is 1. The molecule has 0 saturated carbocycles. The van der Waals surface area contributed by atoms with Gasteiger partial charge in [0.2, 0.25) is 5.01 Å². The molecule has 1 N–H and O–H groups in total. The average Bonchev–Trinajstić information content (AvgIpc) is 2.74. The number of aromatic nitrogens is 3. The van der Waals surface area contributed by atoms with Gasteiger partial charge in [0.05, 0.1) is 0 Å². The van der Waals surface area contributed by atoms with Crippen molar-refractivity contribution in [3.8, 4) is 0 Å². The summed E-state index contributed by atoms with van der Waals surface area (Å²) < 4.78 is 3.95. The molecule has 6 heteroatoms. The minimum atomic E-state index is -0.192. The summed E-state index contributed by atoms with van der Waals surface area (Å²) in [7, 11) is 0. The highest BCUT2D eigenvalue weighted by Gasteiger charge is 2.09. The van der Waals surface area contributed by atoms with E-state index >= 15 is 0 Å². The Balaban J connectivity index is 1.94. The maximum atomic E-state index is 11.6. The Hall–Kier alpha value is -1.82. The second-order valence-electron chi connectivity index (χ2n) is 3.18. The maximum Gasteiger partial charge on any atom is 0.282 e. The lowest BCUT2D eigenvalue weighted by molar-refractivity contribution is 0.0950. The molecule has 0 unspecified atom stereocenters. The summed E-state index contributed by atoms with van der Waals surface area (Å²) in [6.07, 6.45) is 3.38. The number of nitrogens with one attached hydrogen (secondary N) is 1. The van der Waals surface area contributed by atoms with E-state index in [0.29, 0.717) is 17.4 Å². The molecule has 0 radical (unpaired) electrons. The summed E-state index contributed by atoms with van der Waals surface area (Å²) in [6, 6.07) is 3.71. The summed E-state index contributed by atoms with van der Waals surface area (Å²) >= 11 is 1.11. The van der Waals surface area contributed by atoms with E-state index in [9.17, 15) is 4.79 Å². The SMILES string of the molecule is Cc1nsc(C(=O)NCc2ccncc2)n1. The molecule has 0 aliphatic carbocycles. The zero-order valence-corrected chi connectivity index (χ0v) is 9.49. The van der Waals surface area contributed by atoms with Gasteiger partial charge in [0.15, 0.2) is 0 Å². The molecule has 2 aromatic heterocycles. The Bertz CT molecular complexity index is 483. The maximum absolute atomic E-state index is 11.6. The minimum Gasteiger partial charge on any atom is -0.346 e. The van der Waals surface area contributed by atoms with Crippen molar-refractivity contribution >= 4 is 17.4 Å². The molecule has 0 atom stereocenters. The van der Waals surface area contributed by atoms with Crippen molar-refractivity contribution in [2.24, 2.45) is 0 Å². The molecular weight excluding hydrogens is 224 g/mol. The molecule has 2 aromatic rings. The van der Waals surface area contributed by atoms with E-state index in [2.05, 4.69) is 19.7 Å². The van der Waals surface area contributed by atoms with Gasteiger partial charge in [-0.3, -0.25) is 9.78 Å². The van der Waals surface area contributed by atoms with Crippen LogP contribution < -0.4 is 5.32 Å². The van der Waals surface area contributed by atoms with Gasteiger partial charge in [0.1, 0.15) is 5.82 Å². The molecule has 0 aromatic carbocycles. The smallest absolute Gasteiger partial charge is 0.282 e. The van der Waals surface area contributed by atoms with Crippen molar-refractivity contribution in [3.63, 3.8) is 0 Å². The second-order valence-corrected chi connectivity index (χ2v) is 3.94. The first-order valence-electron chi connectivity index (χ1n) is 4.73. The number of hydrogen-bond donors (Lipinski definition) is 1. The third-order valence-electron chi connectivity index (χ3n) is 1.92. The molecule has 0 aliphatic rings. The van der Waals surface area contributed by atoms with Crippen LogP contribution in [0.2, 0.25) is 0 Å². The molecule has 0 fully saturated rings. The van der Waals surface area contributed by atoms with E-state index in [4.69, 9.17) is 0 Å². The van der Waals surface area contributed by atoms with E-state index in [1.165, 1.54) is 0 Å². The summed E-state index contributed by atoms with van der Waals surface area (Å²) in [5.41, 5.74) is 1.00. The molecule has 0 spiro atoms. The van der Waals surface area contributed by atoms with Crippen LogP contribution in [0.4, 0.5) is 0 Å². The Morgan fingerprint density at radius 1 is 1.44 bits per heavy atom. The third-order valence-corrected chi connectivity index (χ3v) is 2.73. The standard InChI is InChI=1S/C10H10N4OS/c1-7-13-10(16-14-7)9(15)12-6-8-2-4-11-5-3-8/h2-5H,6H2,1H3,(H,12,15). The topological polar surface area (TPSA) is 67.8 Å². The van der Waals surface area contributed by atoms with Gasteiger partial charge in [0, 0.05) is 18.9 Å². The predicted molar refractivity (Wildman–Crippen MR) is 60.1 cm³/mol. The molecule has 0 saturated heterocycles. The normalized spacial score (nSPS) is 10.1. The molecule has 16 heavy (non-hydrogen) atoms. The van der Waals surface area contributed by atoms with Crippen LogP contribution in [0.5, 0.6) is 0 Å². The van der Waals surface area contributed by atoms with Crippen LogP contribution >= 0.6 is 11.5 Å². The molecule has 82 valence electrons. The number of pyridine rings is 1. The molecular formula is C10H10N4OS. The Morgan fingerprint density at radius 2 is 2.19 bits per heavy atom. The van der Waals surface area contributed by atoms with Crippen molar-refractivity contribution in [2.45, 2.75) is 13.5 Å². The number of rotatable bonds is 3. The van der Waals surface area contributed by atoms with Crippen molar-refractivity contribution in [1.82, 2.24) is 19.7 Å². The summed E-state index contributed by atoms with van der Waals surface area (Å²) in [6.45, 7) is 2.23. The van der Waals surface area contributed by atoms with Crippen LogP contribution in [0.3, 0.4) is 0 Å². The van der Waals surface area contributed by atoms with Gasteiger partial charge < -0.3 is 5.32 Å². The zero-order chi connectivity index (χ0) is 11.4. The number of carbonyl (C=O) groups excluding carboxylic acids is 1. The third kappa shape index (κ3) is 2.60. The van der Waals surface area contributed by atoms with Crippen LogP contribution in [0.15, 0.2) is 24.5 Å². The van der Waals surface area contributed by atoms with Crippen molar-refractivity contribution in [1.29, 1.82) is 0 Å². The van der Waals surface area contributed by atoms with Crippen molar-refractivity contribution in [2.75, 3.05) is 0 Å². The number of nitrogens with zero attached hydrogens (tertiary/aromatic N) is 3. The first-order valence-corrected chi connectivity index (χ1v) is 5.50. The minimum absolute atomic E-state index is 0.192. The van der Waals surface area contributed by atoms with Crippen LogP contribution in [0.1, 0.15) is 21.2 Å². The van der Waals surface area contributed by atoms with Gasteiger partial charge in [-0.05, 0) is 36.2 Å². The predicted octanol–water partition coefficient (Wildman–Crippen LogP) is 1.17. The quantitative estimate of drug-likeness (QED) is 0.865.